The second kappa shape index (κ2) is 7.01. The summed E-state index contributed by atoms with van der Waals surface area (Å²) in [5, 5.41) is 0. The third-order valence-corrected chi connectivity index (χ3v) is 3.70. The number of halogens is 2. The van der Waals surface area contributed by atoms with Crippen molar-refractivity contribution in [2.45, 2.75) is 6.42 Å². The molecule has 0 atom stereocenters. The molecule has 0 spiro atoms. The molecule has 0 unspecified atom stereocenters. The van der Waals surface area contributed by atoms with Crippen LogP contribution < -0.4 is 0 Å². The summed E-state index contributed by atoms with van der Waals surface area (Å²) in [5.41, 5.74) is 3.59. The van der Waals surface area contributed by atoms with Gasteiger partial charge in [-0.05, 0) is 41.3 Å². The highest BCUT2D eigenvalue weighted by molar-refractivity contribution is 5.67. The van der Waals surface area contributed by atoms with Crippen molar-refractivity contribution >= 4 is 5.83 Å². The van der Waals surface area contributed by atoms with E-state index >= 15 is 0 Å². The van der Waals surface area contributed by atoms with E-state index in [9.17, 15) is 8.78 Å². The molecule has 23 heavy (non-hydrogen) atoms. The topological polar surface area (TPSA) is 0 Å². The van der Waals surface area contributed by atoms with Crippen LogP contribution in [-0.4, -0.2) is 0 Å². The highest BCUT2D eigenvalue weighted by Crippen LogP contribution is 2.23. The van der Waals surface area contributed by atoms with E-state index in [0.717, 1.165) is 16.7 Å². The summed E-state index contributed by atoms with van der Waals surface area (Å²) < 4.78 is 27.1. The Kier molecular flexibility index (Phi) is 4.62. The second-order valence-corrected chi connectivity index (χ2v) is 5.33. The van der Waals surface area contributed by atoms with Crippen LogP contribution in [0.1, 0.15) is 11.1 Å². The maximum Gasteiger partial charge on any atom is 0.126 e. The van der Waals surface area contributed by atoms with E-state index in [1.165, 1.54) is 18.2 Å². The molecule has 0 saturated heterocycles. The molecule has 0 N–H and O–H groups in total. The Labute approximate surface area is 134 Å². The molecule has 0 amide bonds. The fourth-order valence-electron chi connectivity index (χ4n) is 2.40. The van der Waals surface area contributed by atoms with E-state index in [-0.39, 0.29) is 11.6 Å². The molecule has 0 fully saturated rings. The van der Waals surface area contributed by atoms with E-state index in [2.05, 4.69) is 0 Å². The number of hydrogen-bond donors (Lipinski definition) is 0. The number of benzene rings is 3. The average Bonchev–Trinajstić information content (AvgIpc) is 2.62. The summed E-state index contributed by atoms with van der Waals surface area (Å²) in [7, 11) is 0. The lowest BCUT2D eigenvalue weighted by Gasteiger charge is -2.03. The van der Waals surface area contributed by atoms with E-state index in [0.29, 0.717) is 12.0 Å². The maximum absolute atomic E-state index is 14.2. The Morgan fingerprint density at radius 3 is 2.00 bits per heavy atom. The lowest BCUT2D eigenvalue weighted by Crippen LogP contribution is -1.85. The van der Waals surface area contributed by atoms with Gasteiger partial charge in [0.05, 0.1) is 0 Å². The van der Waals surface area contributed by atoms with Gasteiger partial charge in [0.15, 0.2) is 0 Å². The summed E-state index contributed by atoms with van der Waals surface area (Å²) in [5.74, 6) is -0.552. The van der Waals surface area contributed by atoms with E-state index in [1.807, 2.05) is 42.5 Å². The lowest BCUT2D eigenvalue weighted by atomic mass is 10.0. The minimum atomic E-state index is -0.283. The summed E-state index contributed by atoms with van der Waals surface area (Å²) in [6.07, 6.45) is 1.96. The van der Waals surface area contributed by atoms with Crippen molar-refractivity contribution in [1.82, 2.24) is 0 Å². The van der Waals surface area contributed by atoms with Crippen LogP contribution in [0.2, 0.25) is 0 Å². The fraction of sp³-hybridized carbons (Fsp3) is 0.0476. The number of hydrogen-bond acceptors (Lipinski definition) is 0. The van der Waals surface area contributed by atoms with Gasteiger partial charge in [0, 0.05) is 5.56 Å². The van der Waals surface area contributed by atoms with Crippen molar-refractivity contribution < 1.29 is 8.78 Å². The van der Waals surface area contributed by atoms with Crippen molar-refractivity contribution in [3.8, 4) is 11.1 Å². The molecular formula is C21H16F2. The number of rotatable bonds is 4. The molecule has 2 heteroatoms. The third-order valence-electron chi connectivity index (χ3n) is 3.70. The normalized spacial score (nSPS) is 11.5. The van der Waals surface area contributed by atoms with Gasteiger partial charge in [0.2, 0.25) is 0 Å². The Hall–Kier alpha value is -2.74. The van der Waals surface area contributed by atoms with Gasteiger partial charge in [-0.15, -0.1) is 0 Å². The molecule has 0 radical (unpaired) electrons. The van der Waals surface area contributed by atoms with Crippen LogP contribution in [0.5, 0.6) is 0 Å². The minimum absolute atomic E-state index is 0.270. The molecule has 0 aliphatic carbocycles. The van der Waals surface area contributed by atoms with Gasteiger partial charge in [-0.1, -0.05) is 66.7 Å². The lowest BCUT2D eigenvalue weighted by molar-refractivity contribution is 0.627. The summed E-state index contributed by atoms with van der Waals surface area (Å²) in [6, 6.07) is 23.4. The van der Waals surface area contributed by atoms with Gasteiger partial charge in [0.25, 0.3) is 0 Å². The molecule has 0 saturated carbocycles. The first-order chi connectivity index (χ1) is 11.2. The van der Waals surface area contributed by atoms with Gasteiger partial charge >= 0.3 is 0 Å². The maximum atomic E-state index is 14.2. The van der Waals surface area contributed by atoms with Crippen molar-refractivity contribution in [3.05, 3.63) is 102 Å². The molecule has 0 nitrogen and oxygen atoms in total. The zero-order valence-corrected chi connectivity index (χ0v) is 12.5. The van der Waals surface area contributed by atoms with Gasteiger partial charge in [-0.3, -0.25) is 0 Å². The van der Waals surface area contributed by atoms with Crippen LogP contribution in [0, 0.1) is 5.82 Å². The zero-order valence-electron chi connectivity index (χ0n) is 12.5. The van der Waals surface area contributed by atoms with Gasteiger partial charge in [-0.25, -0.2) is 8.78 Å². The molecule has 0 aromatic heterocycles. The Morgan fingerprint density at radius 2 is 1.35 bits per heavy atom. The molecule has 114 valence electrons. The first-order valence-corrected chi connectivity index (χ1v) is 7.48. The predicted molar refractivity (Wildman–Crippen MR) is 91.1 cm³/mol. The van der Waals surface area contributed by atoms with Crippen LogP contribution in [-0.2, 0) is 6.42 Å². The molecule has 3 rings (SSSR count). The van der Waals surface area contributed by atoms with Crippen molar-refractivity contribution in [1.29, 1.82) is 0 Å². The summed E-state index contributed by atoms with van der Waals surface area (Å²) in [4.78, 5) is 0. The standard InChI is InChI=1S/C21H16F2/c22-20-13-6-16(7-14-20)8-15-21(23)19-11-9-18(10-12-19)17-4-2-1-3-5-17/h1-7,9-15H,8H2/b21-15-. The van der Waals surface area contributed by atoms with Crippen LogP contribution in [0.15, 0.2) is 84.9 Å². The SMILES string of the molecule is F/C(=C\Cc1ccc(F)cc1)c1ccc(-c2ccccc2)cc1. The smallest absolute Gasteiger partial charge is 0.126 e. The monoisotopic (exact) mass is 306 g/mol. The van der Waals surface area contributed by atoms with E-state index < -0.39 is 0 Å². The molecule has 0 aliphatic rings. The highest BCUT2D eigenvalue weighted by Gasteiger charge is 2.02. The molecule has 3 aromatic rings. The van der Waals surface area contributed by atoms with Crippen LogP contribution in [0.25, 0.3) is 17.0 Å². The van der Waals surface area contributed by atoms with Gasteiger partial charge < -0.3 is 0 Å². The first kappa shape index (κ1) is 15.2. The summed E-state index contributed by atoms with van der Waals surface area (Å²) >= 11 is 0. The molecule has 3 aromatic carbocycles. The van der Waals surface area contributed by atoms with Crippen LogP contribution in [0.3, 0.4) is 0 Å². The quantitative estimate of drug-likeness (QED) is 0.551. The van der Waals surface area contributed by atoms with Crippen molar-refractivity contribution in [2.75, 3.05) is 0 Å². The fourth-order valence-corrected chi connectivity index (χ4v) is 2.40. The van der Waals surface area contributed by atoms with Crippen molar-refractivity contribution in [3.63, 3.8) is 0 Å². The molecule has 0 bridgehead atoms. The first-order valence-electron chi connectivity index (χ1n) is 7.48. The Balaban J connectivity index is 1.73. The number of allylic oxidation sites excluding steroid dienone is 1. The summed E-state index contributed by atoms with van der Waals surface area (Å²) in [6.45, 7) is 0. The van der Waals surface area contributed by atoms with E-state index in [4.69, 9.17) is 0 Å². The molecular weight excluding hydrogens is 290 g/mol. The largest absolute Gasteiger partial charge is 0.207 e. The average molecular weight is 306 g/mol. The Bertz CT molecular complexity index is 786. The minimum Gasteiger partial charge on any atom is -0.207 e. The molecule has 0 aliphatic heterocycles. The van der Waals surface area contributed by atoms with Crippen LogP contribution >= 0.6 is 0 Å². The third kappa shape index (κ3) is 3.92. The van der Waals surface area contributed by atoms with Crippen molar-refractivity contribution in [2.24, 2.45) is 0 Å². The van der Waals surface area contributed by atoms with Gasteiger partial charge in [0.1, 0.15) is 11.6 Å². The predicted octanol–water partition coefficient (Wildman–Crippen LogP) is 6.05. The highest BCUT2D eigenvalue weighted by atomic mass is 19.1. The Morgan fingerprint density at radius 1 is 0.739 bits per heavy atom. The second-order valence-electron chi connectivity index (χ2n) is 5.33. The molecule has 0 heterocycles. The zero-order chi connectivity index (χ0) is 16.1. The van der Waals surface area contributed by atoms with Gasteiger partial charge in [-0.2, -0.15) is 0 Å². The van der Waals surface area contributed by atoms with Crippen LogP contribution in [0.4, 0.5) is 8.78 Å². The van der Waals surface area contributed by atoms with E-state index in [1.54, 1.807) is 24.3 Å².